The van der Waals surface area contributed by atoms with Crippen molar-refractivity contribution in [3.63, 3.8) is 0 Å². The molecule has 0 radical (unpaired) electrons. The molecule has 0 heterocycles. The Balaban J connectivity index is 3.99. The minimum absolute atomic E-state index is 0.140. The van der Waals surface area contributed by atoms with E-state index in [0.717, 1.165) is 12.8 Å². The molecule has 0 aromatic heterocycles. The third-order valence-corrected chi connectivity index (χ3v) is 3.61. The highest BCUT2D eigenvalue weighted by molar-refractivity contribution is 6.56. The average molecular weight is 193 g/mol. The summed E-state index contributed by atoms with van der Waals surface area (Å²) in [5, 5.41) is 5.72. The molecule has 0 amide bonds. The zero-order valence-corrected chi connectivity index (χ0v) is 9.29. The van der Waals surface area contributed by atoms with Crippen LogP contribution >= 0.6 is 0 Å². The maximum absolute atomic E-state index is 5.72. The fraction of sp³-hybridized carbons (Fsp3) is 1.00. The van der Waals surface area contributed by atoms with Crippen LogP contribution in [0.1, 0.15) is 26.7 Å². The zero-order chi connectivity index (χ0) is 9.61. The Morgan fingerprint density at radius 2 is 1.58 bits per heavy atom. The van der Waals surface area contributed by atoms with E-state index in [1.54, 1.807) is 0 Å². The van der Waals surface area contributed by atoms with Crippen LogP contribution in [0.25, 0.3) is 0 Å². The highest BCUT2D eigenvalue weighted by Gasteiger charge is 2.36. The van der Waals surface area contributed by atoms with Crippen LogP contribution in [0.2, 0.25) is 0 Å². The Morgan fingerprint density at radius 3 is 1.83 bits per heavy atom. The molecule has 0 aromatic rings. The highest BCUT2D eigenvalue weighted by Crippen LogP contribution is 2.09. The van der Waals surface area contributed by atoms with E-state index < -0.39 is 8.97 Å². The van der Waals surface area contributed by atoms with Crippen molar-refractivity contribution in [2.24, 2.45) is 5.40 Å². The smallest absolute Gasteiger partial charge is 0.365 e. The molecule has 0 aromatic carbocycles. The van der Waals surface area contributed by atoms with E-state index in [2.05, 4.69) is 0 Å². The summed E-state index contributed by atoms with van der Waals surface area (Å²) < 4.78 is 15.5. The van der Waals surface area contributed by atoms with Crippen molar-refractivity contribution in [3.05, 3.63) is 0 Å². The lowest BCUT2D eigenvalue weighted by atomic mass is 10.2. The van der Waals surface area contributed by atoms with Crippen molar-refractivity contribution < 1.29 is 13.3 Å². The number of rotatable bonds is 6. The maximum atomic E-state index is 5.72. The third-order valence-electron chi connectivity index (χ3n) is 1.81. The van der Waals surface area contributed by atoms with Gasteiger partial charge in [0.25, 0.3) is 0 Å². The van der Waals surface area contributed by atoms with Gasteiger partial charge in [0, 0.05) is 14.2 Å². The van der Waals surface area contributed by atoms with Gasteiger partial charge in [-0.1, -0.05) is 13.8 Å². The van der Waals surface area contributed by atoms with Crippen LogP contribution in [0, 0.1) is 0 Å². The van der Waals surface area contributed by atoms with Crippen molar-refractivity contribution in [2.75, 3.05) is 14.2 Å². The molecule has 0 aliphatic heterocycles. The van der Waals surface area contributed by atoms with E-state index in [-0.39, 0.29) is 6.10 Å². The van der Waals surface area contributed by atoms with Crippen molar-refractivity contribution in [2.45, 2.75) is 32.8 Å². The fourth-order valence-corrected chi connectivity index (χ4v) is 2.02. The summed E-state index contributed by atoms with van der Waals surface area (Å²) in [6.07, 6.45) is 1.99. The monoisotopic (exact) mass is 193 g/mol. The lowest BCUT2D eigenvalue weighted by Gasteiger charge is -2.25. The van der Waals surface area contributed by atoms with Crippen molar-refractivity contribution >= 4 is 8.97 Å². The highest BCUT2D eigenvalue weighted by atomic mass is 28.4. The Hall–Kier alpha value is 0.0569. The Bertz CT molecular complexity index is 115. The summed E-state index contributed by atoms with van der Waals surface area (Å²) in [7, 11) is 0.222. The van der Waals surface area contributed by atoms with E-state index in [4.69, 9.17) is 18.7 Å². The first-order valence-corrected chi connectivity index (χ1v) is 5.99. The van der Waals surface area contributed by atoms with Crippen molar-refractivity contribution in [1.29, 1.82) is 0 Å². The standard InChI is InChI=1S/C7H19NO3Si/c1-5-7(6-2)11-12(8,9-3)10-4/h7H,5-6,8H2,1-4H3. The van der Waals surface area contributed by atoms with E-state index in [9.17, 15) is 0 Å². The Labute approximate surface area is 75.4 Å². The largest absolute Gasteiger partial charge is 0.593 e. The van der Waals surface area contributed by atoms with Crippen LogP contribution in [-0.4, -0.2) is 29.3 Å². The van der Waals surface area contributed by atoms with Crippen LogP contribution in [0.15, 0.2) is 0 Å². The van der Waals surface area contributed by atoms with Gasteiger partial charge >= 0.3 is 8.97 Å². The summed E-state index contributed by atoms with van der Waals surface area (Å²) in [6.45, 7) is 4.10. The van der Waals surface area contributed by atoms with Gasteiger partial charge < -0.3 is 13.3 Å². The molecule has 0 bridgehead atoms. The van der Waals surface area contributed by atoms with E-state index in [0.29, 0.717) is 0 Å². The second-order valence-corrected chi connectivity index (χ2v) is 4.83. The van der Waals surface area contributed by atoms with E-state index >= 15 is 0 Å². The quantitative estimate of drug-likeness (QED) is 0.636. The predicted octanol–water partition coefficient (Wildman–Crippen LogP) is 0.879. The van der Waals surface area contributed by atoms with Gasteiger partial charge in [-0.2, -0.15) is 0 Å². The molecule has 74 valence electrons. The number of hydrogen-bond acceptors (Lipinski definition) is 4. The number of nitrogens with two attached hydrogens (primary N) is 1. The second kappa shape index (κ2) is 5.66. The molecule has 2 N–H and O–H groups in total. The molecule has 12 heavy (non-hydrogen) atoms. The molecular weight excluding hydrogens is 174 g/mol. The van der Waals surface area contributed by atoms with Gasteiger partial charge in [0.2, 0.25) is 0 Å². The minimum Gasteiger partial charge on any atom is -0.365 e. The summed E-state index contributed by atoms with van der Waals surface area (Å²) in [4.78, 5) is 0. The van der Waals surface area contributed by atoms with Gasteiger partial charge in [-0.15, -0.1) is 0 Å². The summed E-state index contributed by atoms with van der Waals surface area (Å²) >= 11 is 0. The normalized spacial score (nSPS) is 12.5. The Kier molecular flexibility index (Phi) is 5.69. The predicted molar refractivity (Wildman–Crippen MR) is 49.4 cm³/mol. The van der Waals surface area contributed by atoms with Crippen LogP contribution in [0.4, 0.5) is 0 Å². The van der Waals surface area contributed by atoms with Gasteiger partial charge in [-0.05, 0) is 12.8 Å². The Morgan fingerprint density at radius 1 is 1.17 bits per heavy atom. The number of hydrogen-bond donors (Lipinski definition) is 1. The minimum atomic E-state index is -2.80. The molecule has 0 saturated carbocycles. The SMILES string of the molecule is CCC(CC)O[Si](N)(OC)OC. The third kappa shape index (κ3) is 3.64. The zero-order valence-electron chi connectivity index (χ0n) is 8.29. The summed E-state index contributed by atoms with van der Waals surface area (Å²) in [5.74, 6) is 0. The van der Waals surface area contributed by atoms with Crippen LogP contribution in [0.5, 0.6) is 0 Å². The molecule has 0 aliphatic carbocycles. The molecule has 0 atom stereocenters. The average Bonchev–Trinajstić information content (AvgIpc) is 2.14. The van der Waals surface area contributed by atoms with Gasteiger partial charge in [0.05, 0.1) is 6.10 Å². The molecule has 0 fully saturated rings. The first kappa shape index (κ1) is 12.1. The molecule has 5 heteroatoms. The van der Waals surface area contributed by atoms with E-state index in [1.807, 2.05) is 13.8 Å². The molecule has 0 saturated heterocycles. The van der Waals surface area contributed by atoms with Crippen molar-refractivity contribution in [3.8, 4) is 0 Å². The van der Waals surface area contributed by atoms with Crippen LogP contribution < -0.4 is 5.40 Å². The first-order chi connectivity index (χ1) is 5.61. The summed E-state index contributed by atoms with van der Waals surface area (Å²) in [5.41, 5.74) is 0. The molecule has 0 spiro atoms. The molecule has 0 rings (SSSR count). The molecule has 0 aliphatic rings. The summed E-state index contributed by atoms with van der Waals surface area (Å²) in [6, 6.07) is 0. The van der Waals surface area contributed by atoms with Gasteiger partial charge in [-0.3, -0.25) is 5.40 Å². The van der Waals surface area contributed by atoms with Crippen LogP contribution in [-0.2, 0) is 13.3 Å². The molecular formula is C7H19NO3Si. The molecule has 0 unspecified atom stereocenters. The molecule has 4 nitrogen and oxygen atoms in total. The lowest BCUT2D eigenvalue weighted by molar-refractivity contribution is 0.0522. The van der Waals surface area contributed by atoms with Crippen molar-refractivity contribution in [1.82, 2.24) is 0 Å². The fourth-order valence-electron chi connectivity index (χ4n) is 0.867. The lowest BCUT2D eigenvalue weighted by Crippen LogP contribution is -2.55. The van der Waals surface area contributed by atoms with Gasteiger partial charge in [-0.25, -0.2) is 0 Å². The topological polar surface area (TPSA) is 53.7 Å². The van der Waals surface area contributed by atoms with E-state index in [1.165, 1.54) is 14.2 Å². The second-order valence-electron chi connectivity index (χ2n) is 2.57. The maximum Gasteiger partial charge on any atom is 0.593 e. The first-order valence-electron chi connectivity index (χ1n) is 4.18. The van der Waals surface area contributed by atoms with Crippen LogP contribution in [0.3, 0.4) is 0 Å². The van der Waals surface area contributed by atoms with Gasteiger partial charge in [0.1, 0.15) is 0 Å². The van der Waals surface area contributed by atoms with Gasteiger partial charge in [0.15, 0.2) is 0 Å².